The van der Waals surface area contributed by atoms with E-state index in [-0.39, 0.29) is 12.2 Å². The van der Waals surface area contributed by atoms with E-state index in [9.17, 15) is 4.79 Å². The second kappa shape index (κ2) is 10.3. The van der Waals surface area contributed by atoms with Crippen LogP contribution < -0.4 is 10.1 Å². The van der Waals surface area contributed by atoms with Crippen LogP contribution in [0.3, 0.4) is 0 Å². The summed E-state index contributed by atoms with van der Waals surface area (Å²) in [6.45, 7) is 8.94. The van der Waals surface area contributed by atoms with Gasteiger partial charge in [-0.25, -0.2) is 4.79 Å². The second-order valence-corrected chi connectivity index (χ2v) is 9.03. The lowest BCUT2D eigenvalue weighted by atomic mass is 9.74. The summed E-state index contributed by atoms with van der Waals surface area (Å²) in [6.07, 6.45) is 8.32. The number of pyridine rings is 1. The third kappa shape index (κ3) is 4.90. The van der Waals surface area contributed by atoms with Gasteiger partial charge < -0.3 is 14.8 Å². The van der Waals surface area contributed by atoms with Gasteiger partial charge in [0.2, 0.25) is 0 Å². The summed E-state index contributed by atoms with van der Waals surface area (Å²) in [6, 6.07) is 8.23. The first-order valence-electron chi connectivity index (χ1n) is 11.9. The number of fused-ring (bicyclic) bond motifs is 4. The highest BCUT2D eigenvalue weighted by molar-refractivity contribution is 5.84. The molecule has 0 saturated carbocycles. The smallest absolute Gasteiger partial charge is 0.407 e. The number of ether oxygens (including phenoxy) is 2. The number of nitrogens with zero attached hydrogens (tertiary/aromatic N) is 2. The lowest BCUT2D eigenvalue weighted by molar-refractivity contribution is -0.00935. The van der Waals surface area contributed by atoms with Crippen molar-refractivity contribution in [3.8, 4) is 5.75 Å². The lowest BCUT2D eigenvalue weighted by Gasteiger charge is -2.49. The molecule has 1 aromatic heterocycles. The number of unbranched alkanes of at least 4 members (excludes halogenated alkanes) is 1. The quantitative estimate of drug-likeness (QED) is 0.437. The van der Waals surface area contributed by atoms with Gasteiger partial charge in [0, 0.05) is 42.7 Å². The van der Waals surface area contributed by atoms with Crippen LogP contribution in [0.4, 0.5) is 4.79 Å². The maximum Gasteiger partial charge on any atom is 0.407 e. The fourth-order valence-corrected chi connectivity index (χ4v) is 5.27. The Morgan fingerprint density at radius 3 is 3.00 bits per heavy atom. The first-order valence-corrected chi connectivity index (χ1v) is 11.9. The van der Waals surface area contributed by atoms with Crippen molar-refractivity contribution in [1.29, 1.82) is 0 Å². The molecule has 3 saturated heterocycles. The molecule has 1 aromatic carbocycles. The summed E-state index contributed by atoms with van der Waals surface area (Å²) in [5.74, 6) is 2.02. The number of hydrogen-bond donors (Lipinski definition) is 1. The third-order valence-electron chi connectivity index (χ3n) is 7.10. The Kier molecular flexibility index (Phi) is 7.30. The van der Waals surface area contributed by atoms with Crippen LogP contribution in [0.25, 0.3) is 10.9 Å². The number of rotatable bonds is 9. The van der Waals surface area contributed by atoms with Crippen molar-refractivity contribution in [3.63, 3.8) is 0 Å². The summed E-state index contributed by atoms with van der Waals surface area (Å²) >= 11 is 0. The molecule has 2 bridgehead atoms. The zero-order chi connectivity index (χ0) is 22.5. The van der Waals surface area contributed by atoms with E-state index in [4.69, 9.17) is 9.47 Å². The van der Waals surface area contributed by atoms with Crippen molar-refractivity contribution >= 4 is 17.0 Å². The summed E-state index contributed by atoms with van der Waals surface area (Å²) in [7, 11) is 1.66. The van der Waals surface area contributed by atoms with Crippen LogP contribution >= 0.6 is 0 Å². The first-order chi connectivity index (χ1) is 15.6. The topological polar surface area (TPSA) is 63.7 Å². The second-order valence-electron chi connectivity index (χ2n) is 9.03. The number of aromatic nitrogens is 1. The van der Waals surface area contributed by atoms with E-state index in [0.29, 0.717) is 24.4 Å². The van der Waals surface area contributed by atoms with Crippen LogP contribution in [-0.2, 0) is 4.74 Å². The number of alkyl carbamates (subject to hydrolysis) is 1. The number of carbonyl (C=O) groups excluding carboxylic acids is 1. The number of carbonyl (C=O) groups is 1. The fourth-order valence-electron chi connectivity index (χ4n) is 5.27. The molecule has 5 atom stereocenters. The molecule has 172 valence electrons. The zero-order valence-electron chi connectivity index (χ0n) is 19.3. The van der Waals surface area contributed by atoms with E-state index in [2.05, 4.69) is 34.8 Å². The molecule has 32 heavy (non-hydrogen) atoms. The highest BCUT2D eigenvalue weighted by atomic mass is 16.6. The van der Waals surface area contributed by atoms with E-state index in [1.165, 1.54) is 6.42 Å². The van der Waals surface area contributed by atoms with Crippen LogP contribution in [0.15, 0.2) is 43.1 Å². The Hall–Kier alpha value is -2.60. The molecule has 3 aliphatic rings. The van der Waals surface area contributed by atoms with Gasteiger partial charge in [-0.15, -0.1) is 6.58 Å². The molecule has 6 heteroatoms. The summed E-state index contributed by atoms with van der Waals surface area (Å²) in [4.78, 5) is 19.7. The standard InChI is InChI=1S/C26H35N3O3/c1-4-6-11-28-26(30)32-25(15-20-14-19-10-13-29(20)17-18(19)5-2)22-9-12-27-24-8-7-21(31-3)16-23(22)24/h5,7-9,12,16,18-20,25H,2,4,6,10-11,13-15,17H2,1,3H3,(H,28,30). The lowest BCUT2D eigenvalue weighted by Crippen LogP contribution is -2.53. The SMILES string of the molecule is C=CC1CN2CCC1CC2CC(OC(=O)NCCCC)c1ccnc2ccc(OC)cc12. The fraction of sp³-hybridized carbons (Fsp3) is 0.538. The number of nitrogens with one attached hydrogen (secondary N) is 1. The van der Waals surface area contributed by atoms with Gasteiger partial charge in [0.15, 0.2) is 0 Å². The van der Waals surface area contributed by atoms with Crippen LogP contribution in [0.1, 0.15) is 50.7 Å². The van der Waals surface area contributed by atoms with E-state index >= 15 is 0 Å². The first kappa shape index (κ1) is 22.6. The van der Waals surface area contributed by atoms with Crippen molar-refractivity contribution in [3.05, 3.63) is 48.7 Å². The van der Waals surface area contributed by atoms with E-state index in [1.54, 1.807) is 13.3 Å². The van der Waals surface area contributed by atoms with Crippen LogP contribution in [0, 0.1) is 11.8 Å². The van der Waals surface area contributed by atoms with Gasteiger partial charge in [-0.3, -0.25) is 9.88 Å². The molecular weight excluding hydrogens is 402 g/mol. The van der Waals surface area contributed by atoms with Crippen LogP contribution in [-0.4, -0.2) is 48.8 Å². The number of methoxy groups -OCH3 is 1. The normalized spacial score (nSPS) is 25.3. The minimum atomic E-state index is -0.351. The predicted molar refractivity (Wildman–Crippen MR) is 127 cm³/mol. The molecule has 5 unspecified atom stereocenters. The van der Waals surface area contributed by atoms with Crippen molar-refractivity contribution in [2.45, 2.75) is 51.2 Å². The predicted octanol–water partition coefficient (Wildman–Crippen LogP) is 5.10. The molecule has 0 radical (unpaired) electrons. The maximum atomic E-state index is 12.7. The molecular formula is C26H35N3O3. The molecule has 3 aliphatic heterocycles. The van der Waals surface area contributed by atoms with Gasteiger partial charge in [-0.05, 0) is 61.9 Å². The Labute approximate surface area is 191 Å². The van der Waals surface area contributed by atoms with Crippen LogP contribution in [0.5, 0.6) is 5.75 Å². The number of hydrogen-bond acceptors (Lipinski definition) is 5. The van der Waals surface area contributed by atoms with Crippen molar-refractivity contribution in [2.24, 2.45) is 11.8 Å². The van der Waals surface area contributed by atoms with E-state index in [0.717, 1.165) is 61.0 Å². The summed E-state index contributed by atoms with van der Waals surface area (Å²) < 4.78 is 11.5. The van der Waals surface area contributed by atoms with E-state index < -0.39 is 0 Å². The Morgan fingerprint density at radius 1 is 1.41 bits per heavy atom. The zero-order valence-corrected chi connectivity index (χ0v) is 19.3. The molecule has 2 aromatic rings. The molecule has 4 heterocycles. The van der Waals surface area contributed by atoms with Crippen molar-refractivity contribution in [2.75, 3.05) is 26.7 Å². The largest absolute Gasteiger partial charge is 0.497 e. The van der Waals surface area contributed by atoms with Crippen molar-refractivity contribution < 1.29 is 14.3 Å². The Morgan fingerprint density at radius 2 is 2.28 bits per heavy atom. The number of piperidine rings is 3. The minimum Gasteiger partial charge on any atom is -0.497 e. The number of benzene rings is 1. The van der Waals surface area contributed by atoms with Gasteiger partial charge in [0.05, 0.1) is 12.6 Å². The molecule has 0 aliphatic carbocycles. The molecule has 6 nitrogen and oxygen atoms in total. The van der Waals surface area contributed by atoms with Crippen molar-refractivity contribution in [1.82, 2.24) is 15.2 Å². The summed E-state index contributed by atoms with van der Waals surface area (Å²) in [5.41, 5.74) is 1.86. The Balaban J connectivity index is 1.61. The molecule has 5 rings (SSSR count). The van der Waals surface area contributed by atoms with Gasteiger partial charge in [-0.1, -0.05) is 19.4 Å². The highest BCUT2D eigenvalue weighted by Gasteiger charge is 2.40. The van der Waals surface area contributed by atoms with Gasteiger partial charge in [0.25, 0.3) is 0 Å². The number of amides is 1. The maximum absolute atomic E-state index is 12.7. The average molecular weight is 438 g/mol. The summed E-state index contributed by atoms with van der Waals surface area (Å²) in [5, 5.41) is 3.88. The monoisotopic (exact) mass is 437 g/mol. The minimum absolute atomic E-state index is 0.347. The third-order valence-corrected chi connectivity index (χ3v) is 7.10. The molecule has 3 fully saturated rings. The molecule has 1 N–H and O–H groups in total. The molecule has 0 spiro atoms. The van der Waals surface area contributed by atoms with Gasteiger partial charge in [0.1, 0.15) is 11.9 Å². The highest BCUT2D eigenvalue weighted by Crippen LogP contribution is 2.41. The Bertz CT molecular complexity index is 947. The average Bonchev–Trinajstić information content (AvgIpc) is 2.83. The van der Waals surface area contributed by atoms with Crippen LogP contribution in [0.2, 0.25) is 0 Å². The van der Waals surface area contributed by atoms with Gasteiger partial charge >= 0.3 is 6.09 Å². The van der Waals surface area contributed by atoms with Gasteiger partial charge in [-0.2, -0.15) is 0 Å². The van der Waals surface area contributed by atoms with E-state index in [1.807, 2.05) is 24.3 Å². The molecule has 1 amide bonds.